The molecule has 0 spiro atoms. The number of benzene rings is 1. The zero-order valence-corrected chi connectivity index (χ0v) is 12.5. The van der Waals surface area contributed by atoms with Gasteiger partial charge in [0.2, 0.25) is 5.91 Å². The van der Waals surface area contributed by atoms with Gasteiger partial charge in [0.25, 0.3) is 0 Å². The van der Waals surface area contributed by atoms with Gasteiger partial charge in [0.1, 0.15) is 0 Å². The van der Waals surface area contributed by atoms with Crippen molar-refractivity contribution in [2.75, 3.05) is 5.32 Å². The van der Waals surface area contributed by atoms with Gasteiger partial charge in [0, 0.05) is 24.3 Å². The van der Waals surface area contributed by atoms with Crippen LogP contribution in [-0.2, 0) is 11.3 Å². The van der Waals surface area contributed by atoms with Gasteiger partial charge in [0.05, 0.1) is 17.3 Å². The minimum absolute atomic E-state index is 0.0649. The summed E-state index contributed by atoms with van der Waals surface area (Å²) in [6, 6.07) is 8.86. The Balaban J connectivity index is 1.92. The van der Waals surface area contributed by atoms with Gasteiger partial charge >= 0.3 is 0 Å². The molecule has 5 nitrogen and oxygen atoms in total. The molecule has 1 aromatic carbocycles. The van der Waals surface area contributed by atoms with E-state index in [4.69, 9.17) is 5.26 Å². The Kier molecular flexibility index (Phi) is 4.39. The summed E-state index contributed by atoms with van der Waals surface area (Å²) in [5, 5.41) is 16.0. The molecule has 1 N–H and O–H groups in total. The van der Waals surface area contributed by atoms with Crippen molar-refractivity contribution in [2.45, 2.75) is 33.7 Å². The molecule has 0 radical (unpaired) electrons. The van der Waals surface area contributed by atoms with Crippen molar-refractivity contribution in [1.29, 1.82) is 5.26 Å². The molecular formula is C16H18N4O. The first-order valence-electron chi connectivity index (χ1n) is 6.82. The van der Waals surface area contributed by atoms with Crippen LogP contribution in [-0.4, -0.2) is 15.7 Å². The van der Waals surface area contributed by atoms with Crippen molar-refractivity contribution in [2.24, 2.45) is 0 Å². The van der Waals surface area contributed by atoms with Crippen LogP contribution in [0, 0.1) is 32.1 Å². The number of aryl methyl sites for hydroxylation is 2. The molecule has 1 heterocycles. The highest BCUT2D eigenvalue weighted by atomic mass is 16.1. The summed E-state index contributed by atoms with van der Waals surface area (Å²) in [5.74, 6) is -0.0649. The molecule has 0 bridgehead atoms. The van der Waals surface area contributed by atoms with Crippen LogP contribution in [0.1, 0.15) is 28.9 Å². The first-order valence-corrected chi connectivity index (χ1v) is 6.82. The molecule has 0 unspecified atom stereocenters. The second-order valence-electron chi connectivity index (χ2n) is 5.01. The summed E-state index contributed by atoms with van der Waals surface area (Å²) < 4.78 is 1.86. The minimum atomic E-state index is -0.0649. The molecule has 0 saturated carbocycles. The fourth-order valence-electron chi connectivity index (χ4n) is 2.06. The number of carbonyl (C=O) groups is 1. The highest BCUT2D eigenvalue weighted by molar-refractivity contribution is 5.90. The summed E-state index contributed by atoms with van der Waals surface area (Å²) in [7, 11) is 0. The highest BCUT2D eigenvalue weighted by Crippen LogP contribution is 2.12. The fraction of sp³-hybridized carbons (Fsp3) is 0.312. The maximum atomic E-state index is 11.9. The Bertz CT molecular complexity index is 692. The number of hydrogen-bond donors (Lipinski definition) is 1. The predicted octanol–water partition coefficient (Wildman–Crippen LogP) is 2.71. The number of nitrogens with zero attached hydrogens (tertiary/aromatic N) is 3. The number of rotatable bonds is 4. The summed E-state index contributed by atoms with van der Waals surface area (Å²) in [4.78, 5) is 11.9. The minimum Gasteiger partial charge on any atom is -0.326 e. The Labute approximate surface area is 124 Å². The van der Waals surface area contributed by atoms with E-state index < -0.39 is 0 Å². The number of amides is 1. The van der Waals surface area contributed by atoms with Gasteiger partial charge in [0.15, 0.2) is 0 Å². The lowest BCUT2D eigenvalue weighted by Crippen LogP contribution is -2.15. The van der Waals surface area contributed by atoms with E-state index in [-0.39, 0.29) is 5.91 Å². The predicted molar refractivity (Wildman–Crippen MR) is 80.8 cm³/mol. The van der Waals surface area contributed by atoms with Gasteiger partial charge in [-0.05, 0) is 50.6 Å². The maximum absolute atomic E-state index is 11.9. The molecule has 1 amide bonds. The van der Waals surface area contributed by atoms with Gasteiger partial charge in [-0.2, -0.15) is 10.4 Å². The van der Waals surface area contributed by atoms with Crippen LogP contribution < -0.4 is 5.32 Å². The molecule has 0 atom stereocenters. The van der Waals surface area contributed by atoms with Crippen LogP contribution in [0.25, 0.3) is 0 Å². The van der Waals surface area contributed by atoms with Crippen molar-refractivity contribution < 1.29 is 4.79 Å². The van der Waals surface area contributed by atoms with Crippen LogP contribution in [0.15, 0.2) is 24.3 Å². The Morgan fingerprint density at radius 2 is 1.95 bits per heavy atom. The van der Waals surface area contributed by atoms with Crippen molar-refractivity contribution in [1.82, 2.24) is 9.78 Å². The lowest BCUT2D eigenvalue weighted by atomic mass is 10.2. The lowest BCUT2D eigenvalue weighted by Gasteiger charge is -2.07. The van der Waals surface area contributed by atoms with E-state index in [0.717, 1.165) is 11.4 Å². The largest absolute Gasteiger partial charge is 0.326 e. The third-order valence-corrected chi connectivity index (χ3v) is 3.59. The van der Waals surface area contributed by atoms with Crippen LogP contribution >= 0.6 is 0 Å². The summed E-state index contributed by atoms with van der Waals surface area (Å²) >= 11 is 0. The van der Waals surface area contributed by atoms with Crippen LogP contribution in [0.4, 0.5) is 5.69 Å². The molecule has 0 fully saturated rings. The fourth-order valence-corrected chi connectivity index (χ4v) is 2.06. The van der Waals surface area contributed by atoms with E-state index in [1.807, 2.05) is 31.5 Å². The summed E-state index contributed by atoms with van der Waals surface area (Å²) in [5.41, 5.74) is 4.54. The lowest BCUT2D eigenvalue weighted by molar-refractivity contribution is -0.116. The van der Waals surface area contributed by atoms with E-state index in [0.29, 0.717) is 24.2 Å². The summed E-state index contributed by atoms with van der Waals surface area (Å²) in [6.07, 6.45) is 0.363. The van der Waals surface area contributed by atoms with Gasteiger partial charge in [-0.3, -0.25) is 9.48 Å². The molecule has 2 rings (SSSR count). The maximum Gasteiger partial charge on any atom is 0.226 e. The summed E-state index contributed by atoms with van der Waals surface area (Å²) in [6.45, 7) is 6.57. The molecule has 0 aliphatic carbocycles. The van der Waals surface area contributed by atoms with Gasteiger partial charge < -0.3 is 5.32 Å². The van der Waals surface area contributed by atoms with Crippen molar-refractivity contribution in [3.8, 4) is 6.07 Å². The SMILES string of the molecule is Cc1nn(CCC(=O)Nc2ccc(C#N)cc2)c(C)c1C. The van der Waals surface area contributed by atoms with Gasteiger partial charge in [-0.15, -0.1) is 0 Å². The van der Waals surface area contributed by atoms with Crippen molar-refractivity contribution >= 4 is 11.6 Å². The van der Waals surface area contributed by atoms with Gasteiger partial charge in [-0.1, -0.05) is 0 Å². The van der Waals surface area contributed by atoms with E-state index in [2.05, 4.69) is 10.4 Å². The molecule has 5 heteroatoms. The monoisotopic (exact) mass is 282 g/mol. The second kappa shape index (κ2) is 6.23. The molecule has 0 aliphatic heterocycles. The first kappa shape index (κ1) is 14.8. The van der Waals surface area contributed by atoms with Crippen LogP contribution in [0.5, 0.6) is 0 Å². The molecule has 0 saturated heterocycles. The van der Waals surface area contributed by atoms with Crippen molar-refractivity contribution in [3.63, 3.8) is 0 Å². The third-order valence-electron chi connectivity index (χ3n) is 3.59. The third kappa shape index (κ3) is 3.48. The highest BCUT2D eigenvalue weighted by Gasteiger charge is 2.09. The zero-order valence-electron chi connectivity index (χ0n) is 12.5. The number of nitrogens with one attached hydrogen (secondary N) is 1. The van der Waals surface area contributed by atoms with E-state index in [1.165, 1.54) is 5.56 Å². The Morgan fingerprint density at radius 1 is 1.29 bits per heavy atom. The van der Waals surface area contributed by atoms with Crippen molar-refractivity contribution in [3.05, 3.63) is 46.8 Å². The Hall–Kier alpha value is -2.61. The average molecular weight is 282 g/mol. The number of hydrogen-bond acceptors (Lipinski definition) is 3. The molecule has 2 aromatic rings. The average Bonchev–Trinajstić information content (AvgIpc) is 2.73. The van der Waals surface area contributed by atoms with E-state index >= 15 is 0 Å². The molecule has 108 valence electrons. The van der Waals surface area contributed by atoms with Gasteiger partial charge in [-0.25, -0.2) is 0 Å². The van der Waals surface area contributed by atoms with E-state index in [1.54, 1.807) is 24.3 Å². The zero-order chi connectivity index (χ0) is 15.4. The van der Waals surface area contributed by atoms with Crippen LogP contribution in [0.2, 0.25) is 0 Å². The normalized spacial score (nSPS) is 10.2. The molecule has 1 aromatic heterocycles. The molecular weight excluding hydrogens is 264 g/mol. The first-order chi connectivity index (χ1) is 10.0. The topological polar surface area (TPSA) is 70.7 Å². The number of carbonyl (C=O) groups excluding carboxylic acids is 1. The Morgan fingerprint density at radius 3 is 2.48 bits per heavy atom. The van der Waals surface area contributed by atoms with E-state index in [9.17, 15) is 4.79 Å². The number of anilines is 1. The van der Waals surface area contributed by atoms with Crippen LogP contribution in [0.3, 0.4) is 0 Å². The molecule has 21 heavy (non-hydrogen) atoms. The smallest absolute Gasteiger partial charge is 0.226 e. The number of aromatic nitrogens is 2. The quantitative estimate of drug-likeness (QED) is 0.937. The standard InChI is InChI=1S/C16H18N4O/c1-11-12(2)19-20(13(11)3)9-8-16(21)18-15-6-4-14(10-17)5-7-15/h4-7H,8-9H2,1-3H3,(H,18,21). The number of nitriles is 1. The second-order valence-corrected chi connectivity index (χ2v) is 5.01. The molecule has 0 aliphatic rings.